The van der Waals surface area contributed by atoms with Gasteiger partial charge in [0, 0.05) is 19.2 Å². The normalized spacial score (nSPS) is 18.4. The maximum Gasteiger partial charge on any atom is 0.225 e. The fraction of sp³-hybridized carbons (Fsp3) is 0.333. The smallest absolute Gasteiger partial charge is 0.225 e. The molecule has 0 radical (unpaired) electrons. The van der Waals surface area contributed by atoms with E-state index in [-0.39, 0.29) is 18.4 Å². The average Bonchev–Trinajstić information content (AvgIpc) is 3.04. The summed E-state index contributed by atoms with van der Waals surface area (Å²) in [5, 5.41) is 10.1. The minimum atomic E-state index is -1.01. The third-order valence-electron chi connectivity index (χ3n) is 4.04. The van der Waals surface area contributed by atoms with E-state index in [9.17, 15) is 14.3 Å². The first-order chi connectivity index (χ1) is 11.6. The van der Waals surface area contributed by atoms with Gasteiger partial charge >= 0.3 is 0 Å². The SMILES string of the molecule is O=C(CC(O)c1cccc(F)c1)N1CCC(Oc2cccnc2)C1. The van der Waals surface area contributed by atoms with Crippen LogP contribution in [0, 0.1) is 5.82 Å². The lowest BCUT2D eigenvalue weighted by Crippen LogP contribution is -2.31. The molecule has 2 heterocycles. The van der Waals surface area contributed by atoms with Crippen LogP contribution in [0.3, 0.4) is 0 Å². The standard InChI is InChI=1S/C18H19FN2O3/c19-14-4-1-3-13(9-14)17(22)10-18(23)21-8-6-16(12-21)24-15-5-2-7-20-11-15/h1-5,7,9,11,16-17,22H,6,8,10,12H2. The molecular weight excluding hydrogens is 311 g/mol. The number of amides is 1. The number of halogens is 1. The molecule has 1 N–H and O–H groups in total. The Kier molecular flexibility index (Phi) is 5.05. The summed E-state index contributed by atoms with van der Waals surface area (Å²) < 4.78 is 19.0. The van der Waals surface area contributed by atoms with Crippen molar-refractivity contribution < 1.29 is 19.0 Å². The summed E-state index contributed by atoms with van der Waals surface area (Å²) >= 11 is 0. The van der Waals surface area contributed by atoms with Crippen LogP contribution in [0.15, 0.2) is 48.8 Å². The lowest BCUT2D eigenvalue weighted by molar-refractivity contribution is -0.132. The summed E-state index contributed by atoms with van der Waals surface area (Å²) in [6.45, 7) is 1.06. The number of hydrogen-bond donors (Lipinski definition) is 1. The Morgan fingerprint density at radius 2 is 2.29 bits per heavy atom. The van der Waals surface area contributed by atoms with E-state index in [4.69, 9.17) is 4.74 Å². The first-order valence-electron chi connectivity index (χ1n) is 7.90. The second-order valence-electron chi connectivity index (χ2n) is 5.83. The highest BCUT2D eigenvalue weighted by atomic mass is 19.1. The molecule has 126 valence electrons. The monoisotopic (exact) mass is 330 g/mol. The van der Waals surface area contributed by atoms with Crippen molar-refractivity contribution in [2.75, 3.05) is 13.1 Å². The fourth-order valence-corrected chi connectivity index (χ4v) is 2.79. The zero-order valence-electron chi connectivity index (χ0n) is 13.1. The fourth-order valence-electron chi connectivity index (χ4n) is 2.79. The lowest BCUT2D eigenvalue weighted by atomic mass is 10.1. The van der Waals surface area contributed by atoms with E-state index in [1.54, 1.807) is 29.4 Å². The summed E-state index contributed by atoms with van der Waals surface area (Å²) in [5.74, 6) is 0.0887. The van der Waals surface area contributed by atoms with E-state index in [2.05, 4.69) is 4.98 Å². The van der Waals surface area contributed by atoms with E-state index >= 15 is 0 Å². The highest BCUT2D eigenvalue weighted by Crippen LogP contribution is 2.22. The van der Waals surface area contributed by atoms with Crippen LogP contribution in [0.25, 0.3) is 0 Å². The summed E-state index contributed by atoms with van der Waals surface area (Å²) in [5.41, 5.74) is 0.408. The highest BCUT2D eigenvalue weighted by molar-refractivity contribution is 5.77. The Balaban J connectivity index is 1.53. The van der Waals surface area contributed by atoms with Gasteiger partial charge in [-0.25, -0.2) is 4.39 Å². The topological polar surface area (TPSA) is 62.7 Å². The first kappa shape index (κ1) is 16.4. The van der Waals surface area contributed by atoms with Crippen LogP contribution in [0.2, 0.25) is 0 Å². The van der Waals surface area contributed by atoms with Gasteiger partial charge in [0.1, 0.15) is 17.7 Å². The molecule has 0 bridgehead atoms. The summed E-state index contributed by atoms with van der Waals surface area (Å²) in [6.07, 6.45) is 2.89. The van der Waals surface area contributed by atoms with Gasteiger partial charge in [0.25, 0.3) is 0 Å². The van der Waals surface area contributed by atoms with E-state index in [1.807, 2.05) is 6.07 Å². The highest BCUT2D eigenvalue weighted by Gasteiger charge is 2.29. The number of carbonyl (C=O) groups excluding carboxylic acids is 1. The number of aromatic nitrogens is 1. The molecule has 2 aromatic rings. The van der Waals surface area contributed by atoms with Crippen molar-refractivity contribution in [1.82, 2.24) is 9.88 Å². The molecule has 0 saturated carbocycles. The number of nitrogens with zero attached hydrogens (tertiary/aromatic N) is 2. The molecule has 6 heteroatoms. The number of pyridine rings is 1. The maximum atomic E-state index is 13.2. The van der Waals surface area contributed by atoms with Gasteiger partial charge in [0.05, 0.1) is 25.3 Å². The van der Waals surface area contributed by atoms with Gasteiger partial charge in [0.2, 0.25) is 5.91 Å². The number of aliphatic hydroxyl groups excluding tert-OH is 1. The molecule has 0 spiro atoms. The molecule has 1 aliphatic heterocycles. The van der Waals surface area contributed by atoms with Gasteiger partial charge in [-0.05, 0) is 29.8 Å². The van der Waals surface area contributed by atoms with E-state index < -0.39 is 11.9 Å². The van der Waals surface area contributed by atoms with Gasteiger partial charge in [-0.15, -0.1) is 0 Å². The average molecular weight is 330 g/mol. The molecule has 5 nitrogen and oxygen atoms in total. The second kappa shape index (κ2) is 7.40. The third kappa shape index (κ3) is 4.08. The van der Waals surface area contributed by atoms with E-state index in [0.717, 1.165) is 6.42 Å². The Bertz CT molecular complexity index is 696. The van der Waals surface area contributed by atoms with E-state index in [1.165, 1.54) is 18.2 Å². The molecule has 2 unspecified atom stereocenters. The Labute approximate surface area is 139 Å². The predicted octanol–water partition coefficient (Wildman–Crippen LogP) is 2.32. The number of rotatable bonds is 5. The molecule has 1 amide bonds. The Morgan fingerprint density at radius 3 is 3.04 bits per heavy atom. The molecule has 24 heavy (non-hydrogen) atoms. The lowest BCUT2D eigenvalue weighted by Gasteiger charge is -2.19. The van der Waals surface area contributed by atoms with Gasteiger partial charge in [0.15, 0.2) is 0 Å². The molecular formula is C18H19FN2O3. The minimum Gasteiger partial charge on any atom is -0.487 e. The third-order valence-corrected chi connectivity index (χ3v) is 4.04. The molecule has 0 aliphatic carbocycles. The maximum absolute atomic E-state index is 13.2. The van der Waals surface area contributed by atoms with Crippen LogP contribution in [0.5, 0.6) is 5.75 Å². The largest absolute Gasteiger partial charge is 0.487 e. The predicted molar refractivity (Wildman–Crippen MR) is 85.8 cm³/mol. The van der Waals surface area contributed by atoms with Gasteiger partial charge in [-0.1, -0.05) is 12.1 Å². The molecule has 1 aromatic heterocycles. The summed E-state index contributed by atoms with van der Waals surface area (Å²) in [6, 6.07) is 9.30. The van der Waals surface area contributed by atoms with Gasteiger partial charge in [-0.2, -0.15) is 0 Å². The van der Waals surface area contributed by atoms with Crippen LogP contribution in [-0.4, -0.2) is 40.1 Å². The van der Waals surface area contributed by atoms with E-state index in [0.29, 0.717) is 24.4 Å². The minimum absolute atomic E-state index is 0.0664. The van der Waals surface area contributed by atoms with Crippen LogP contribution >= 0.6 is 0 Å². The summed E-state index contributed by atoms with van der Waals surface area (Å²) in [7, 11) is 0. The zero-order chi connectivity index (χ0) is 16.9. The Morgan fingerprint density at radius 1 is 1.42 bits per heavy atom. The number of hydrogen-bond acceptors (Lipinski definition) is 4. The quantitative estimate of drug-likeness (QED) is 0.914. The molecule has 3 rings (SSSR count). The summed E-state index contributed by atoms with van der Waals surface area (Å²) in [4.78, 5) is 18.0. The van der Waals surface area contributed by atoms with Crippen molar-refractivity contribution in [3.05, 3.63) is 60.2 Å². The van der Waals surface area contributed by atoms with Crippen LogP contribution in [-0.2, 0) is 4.79 Å². The van der Waals surface area contributed by atoms with Crippen molar-refractivity contribution in [2.24, 2.45) is 0 Å². The molecule has 1 aliphatic rings. The second-order valence-corrected chi connectivity index (χ2v) is 5.83. The number of benzene rings is 1. The Hall–Kier alpha value is -2.47. The molecule has 2 atom stereocenters. The van der Waals surface area contributed by atoms with Gasteiger partial charge in [-0.3, -0.25) is 9.78 Å². The molecule has 1 aromatic carbocycles. The van der Waals surface area contributed by atoms with Gasteiger partial charge < -0.3 is 14.7 Å². The number of aliphatic hydroxyl groups is 1. The van der Waals surface area contributed by atoms with Crippen LogP contribution in [0.1, 0.15) is 24.5 Å². The van der Waals surface area contributed by atoms with Crippen LogP contribution in [0.4, 0.5) is 4.39 Å². The number of carbonyl (C=O) groups is 1. The van der Waals surface area contributed by atoms with Crippen molar-refractivity contribution in [2.45, 2.75) is 25.0 Å². The molecule has 1 fully saturated rings. The zero-order valence-corrected chi connectivity index (χ0v) is 13.1. The molecule has 1 saturated heterocycles. The number of likely N-dealkylation sites (tertiary alicyclic amines) is 1. The van der Waals surface area contributed by atoms with Crippen LogP contribution < -0.4 is 4.74 Å². The van der Waals surface area contributed by atoms with Crippen molar-refractivity contribution in [3.63, 3.8) is 0 Å². The first-order valence-corrected chi connectivity index (χ1v) is 7.90. The number of ether oxygens (including phenoxy) is 1. The van der Waals surface area contributed by atoms with Crippen molar-refractivity contribution in [1.29, 1.82) is 0 Å². The van der Waals surface area contributed by atoms with Crippen molar-refractivity contribution in [3.8, 4) is 5.75 Å². The van der Waals surface area contributed by atoms with Crippen molar-refractivity contribution >= 4 is 5.91 Å².